The van der Waals surface area contributed by atoms with Gasteiger partial charge in [0.15, 0.2) is 23.5 Å². The minimum atomic E-state index is -4.23. The minimum Gasteiger partial charge on any atom is -0.386 e. The molecule has 2 saturated heterocycles. The number of halogens is 1. The van der Waals surface area contributed by atoms with E-state index in [1.54, 1.807) is 24.3 Å². The Hall–Kier alpha value is -2.11. The molecule has 2 fully saturated rings. The second-order valence-electron chi connectivity index (χ2n) is 6.63. The number of imidazole rings is 1. The van der Waals surface area contributed by atoms with Crippen LogP contribution in [0.15, 0.2) is 30.6 Å². The van der Waals surface area contributed by atoms with Crippen molar-refractivity contribution < 1.29 is 28.3 Å². The molecule has 5 rings (SSSR count). The summed E-state index contributed by atoms with van der Waals surface area (Å²) in [5.74, 6) is 0.416. The van der Waals surface area contributed by atoms with E-state index in [1.807, 2.05) is 0 Å². The molecule has 2 aliphatic heterocycles. The van der Waals surface area contributed by atoms with Crippen molar-refractivity contribution in [3.8, 4) is 11.4 Å². The number of nitrogens with two attached hydrogens (primary N) is 1. The summed E-state index contributed by atoms with van der Waals surface area (Å²) in [6, 6.07) is 7.03. The molecule has 0 spiro atoms. The first-order valence-corrected chi connectivity index (χ1v) is 10.5. The number of benzene rings is 1. The third kappa shape index (κ3) is 3.11. The van der Waals surface area contributed by atoms with Gasteiger partial charge in [-0.3, -0.25) is 13.6 Å². The van der Waals surface area contributed by atoms with Crippen molar-refractivity contribution >= 4 is 36.4 Å². The predicted molar refractivity (Wildman–Crippen MR) is 101 cm³/mol. The topological polar surface area (TPSA) is 155 Å². The van der Waals surface area contributed by atoms with Crippen LogP contribution in [-0.2, 0) is 18.3 Å². The summed E-state index contributed by atoms with van der Waals surface area (Å²) in [5.41, 5.74) is 7.26. The van der Waals surface area contributed by atoms with Gasteiger partial charge in [0, 0.05) is 5.56 Å². The lowest BCUT2D eigenvalue weighted by Gasteiger charge is -2.27. The van der Waals surface area contributed by atoms with Gasteiger partial charge in [0.05, 0.1) is 18.0 Å². The fourth-order valence-corrected chi connectivity index (χ4v) is 4.64. The highest BCUT2D eigenvalue weighted by Crippen LogP contribution is 2.52. The van der Waals surface area contributed by atoms with E-state index in [4.69, 9.17) is 31.1 Å². The molecule has 0 radical (unpaired) electrons. The average molecular weight is 440 g/mol. The zero-order chi connectivity index (χ0) is 20.3. The van der Waals surface area contributed by atoms with E-state index >= 15 is 0 Å². The summed E-state index contributed by atoms with van der Waals surface area (Å²) in [7, 11) is -4.23. The molecule has 13 heteroatoms. The Morgan fingerprint density at radius 3 is 2.90 bits per heavy atom. The van der Waals surface area contributed by atoms with Gasteiger partial charge in [-0.05, 0) is 12.1 Å². The average Bonchev–Trinajstić information content (AvgIpc) is 3.23. The smallest absolute Gasteiger partial charge is 0.386 e. The van der Waals surface area contributed by atoms with Gasteiger partial charge in [-0.1, -0.05) is 23.7 Å². The van der Waals surface area contributed by atoms with Crippen LogP contribution in [0.2, 0.25) is 5.02 Å². The van der Waals surface area contributed by atoms with Crippen LogP contribution in [0, 0.1) is 0 Å². The van der Waals surface area contributed by atoms with Crippen LogP contribution in [0.4, 0.5) is 5.82 Å². The van der Waals surface area contributed by atoms with Crippen LogP contribution >= 0.6 is 19.4 Å². The van der Waals surface area contributed by atoms with Crippen LogP contribution in [-0.4, -0.2) is 54.4 Å². The Labute approximate surface area is 168 Å². The van der Waals surface area contributed by atoms with Crippen molar-refractivity contribution in [1.82, 2.24) is 19.5 Å². The standard InChI is InChI=1S/C16H15ClN5O6P/c17-8-4-2-1-3-7(8)14-20-13(18)10-15(21-14)22(6-19-10)16-11(23)12-9(27-16)5-26-29(24,25)28-12/h1-4,6,9,11-12,16,23H,5H2,(H,24,25)(H2,18,20,21)/t9-,11-,12-,16-/m1/s1. The van der Waals surface area contributed by atoms with E-state index < -0.39 is 32.4 Å². The van der Waals surface area contributed by atoms with E-state index in [-0.39, 0.29) is 18.2 Å². The summed E-state index contributed by atoms with van der Waals surface area (Å²) in [6.07, 6.45) is -2.61. The Bertz CT molecular complexity index is 1160. The zero-order valence-corrected chi connectivity index (χ0v) is 16.3. The van der Waals surface area contributed by atoms with Gasteiger partial charge in [-0.15, -0.1) is 0 Å². The molecule has 1 aromatic carbocycles. The number of ether oxygens (including phenoxy) is 1. The quantitative estimate of drug-likeness (QED) is 0.500. The van der Waals surface area contributed by atoms with Gasteiger partial charge in [0.25, 0.3) is 0 Å². The first-order chi connectivity index (χ1) is 13.8. The molecule has 0 amide bonds. The Morgan fingerprint density at radius 1 is 1.31 bits per heavy atom. The van der Waals surface area contributed by atoms with Crippen molar-refractivity contribution in [2.24, 2.45) is 0 Å². The largest absolute Gasteiger partial charge is 0.472 e. The van der Waals surface area contributed by atoms with E-state index in [9.17, 15) is 14.6 Å². The summed E-state index contributed by atoms with van der Waals surface area (Å²) in [6.45, 7) is -0.194. The lowest BCUT2D eigenvalue weighted by molar-refractivity contribution is -0.0664. The highest BCUT2D eigenvalue weighted by atomic mass is 35.5. The van der Waals surface area contributed by atoms with Crippen molar-refractivity contribution in [2.75, 3.05) is 12.3 Å². The maximum absolute atomic E-state index is 11.7. The summed E-state index contributed by atoms with van der Waals surface area (Å²) >= 11 is 6.25. The van der Waals surface area contributed by atoms with Gasteiger partial charge >= 0.3 is 7.82 Å². The lowest BCUT2D eigenvalue weighted by atomic mass is 10.1. The van der Waals surface area contributed by atoms with Crippen molar-refractivity contribution in [1.29, 1.82) is 0 Å². The molecule has 0 bridgehead atoms. The second-order valence-corrected chi connectivity index (χ2v) is 8.44. The SMILES string of the molecule is Nc1nc(-c2ccccc2Cl)nc2c1ncn2[C@@H]1O[C@@H]2COP(=O)(O)O[C@H]2[C@H]1O. The van der Waals surface area contributed by atoms with Crippen molar-refractivity contribution in [3.05, 3.63) is 35.6 Å². The molecule has 2 aliphatic rings. The summed E-state index contributed by atoms with van der Waals surface area (Å²) < 4.78 is 28.7. The normalized spacial score (nSPS) is 31.8. The molecule has 2 aromatic heterocycles. The molecule has 0 aliphatic carbocycles. The number of fused-ring (bicyclic) bond motifs is 2. The number of phosphoric ester groups is 1. The van der Waals surface area contributed by atoms with Gasteiger partial charge < -0.3 is 20.5 Å². The number of nitrogens with zero attached hydrogens (tertiary/aromatic N) is 4. The fourth-order valence-electron chi connectivity index (χ4n) is 3.45. The van der Waals surface area contributed by atoms with E-state index in [0.29, 0.717) is 21.7 Å². The molecule has 11 nitrogen and oxygen atoms in total. The first kappa shape index (κ1) is 18.9. The second kappa shape index (κ2) is 6.71. The third-order valence-corrected chi connectivity index (χ3v) is 6.12. The summed E-state index contributed by atoms with van der Waals surface area (Å²) in [5, 5.41) is 11.1. The Kier molecular flexibility index (Phi) is 4.37. The molecule has 152 valence electrons. The Morgan fingerprint density at radius 2 is 2.10 bits per heavy atom. The van der Waals surface area contributed by atoms with Crippen LogP contribution < -0.4 is 5.73 Å². The van der Waals surface area contributed by atoms with Gasteiger partial charge in [0.1, 0.15) is 23.8 Å². The molecule has 0 saturated carbocycles. The summed E-state index contributed by atoms with van der Waals surface area (Å²) in [4.78, 5) is 22.5. The van der Waals surface area contributed by atoms with E-state index in [1.165, 1.54) is 10.9 Å². The van der Waals surface area contributed by atoms with Crippen LogP contribution in [0.1, 0.15) is 6.23 Å². The highest BCUT2D eigenvalue weighted by Gasteiger charge is 2.52. The van der Waals surface area contributed by atoms with Crippen molar-refractivity contribution in [3.63, 3.8) is 0 Å². The number of hydrogen-bond acceptors (Lipinski definition) is 9. The molecule has 5 atom stereocenters. The Balaban J connectivity index is 1.58. The van der Waals surface area contributed by atoms with Crippen molar-refractivity contribution in [2.45, 2.75) is 24.5 Å². The van der Waals surface area contributed by atoms with Gasteiger partial charge in [0.2, 0.25) is 0 Å². The number of aliphatic hydroxyl groups is 1. The fraction of sp³-hybridized carbons (Fsp3) is 0.312. The monoisotopic (exact) mass is 439 g/mol. The minimum absolute atomic E-state index is 0.132. The maximum Gasteiger partial charge on any atom is 0.472 e. The number of nitrogen functional groups attached to an aromatic ring is 1. The number of phosphoric acid groups is 1. The first-order valence-electron chi connectivity index (χ1n) is 8.58. The zero-order valence-electron chi connectivity index (χ0n) is 14.6. The molecular weight excluding hydrogens is 425 g/mol. The number of aromatic nitrogens is 4. The number of hydrogen-bond donors (Lipinski definition) is 3. The number of aliphatic hydroxyl groups excluding tert-OH is 1. The van der Waals surface area contributed by atoms with Crippen LogP contribution in [0.3, 0.4) is 0 Å². The molecule has 4 heterocycles. The van der Waals surface area contributed by atoms with E-state index in [0.717, 1.165) is 0 Å². The van der Waals surface area contributed by atoms with Gasteiger partial charge in [-0.25, -0.2) is 19.5 Å². The lowest BCUT2D eigenvalue weighted by Crippen LogP contribution is -2.39. The molecule has 4 N–H and O–H groups in total. The molecular formula is C16H15ClN5O6P. The van der Waals surface area contributed by atoms with Crippen LogP contribution in [0.25, 0.3) is 22.6 Å². The number of anilines is 1. The third-order valence-electron chi connectivity index (χ3n) is 4.80. The highest BCUT2D eigenvalue weighted by molar-refractivity contribution is 7.47. The predicted octanol–water partition coefficient (Wildman–Crippen LogP) is 1.50. The van der Waals surface area contributed by atoms with E-state index in [2.05, 4.69) is 15.0 Å². The molecule has 3 aromatic rings. The molecule has 29 heavy (non-hydrogen) atoms. The maximum atomic E-state index is 11.7. The van der Waals surface area contributed by atoms with Gasteiger partial charge in [-0.2, -0.15) is 0 Å². The van der Waals surface area contributed by atoms with Crippen LogP contribution in [0.5, 0.6) is 0 Å². The molecule has 1 unspecified atom stereocenters. The number of rotatable bonds is 2.